The quantitative estimate of drug-likeness (QED) is 0.385. The van der Waals surface area contributed by atoms with Gasteiger partial charge in [-0.15, -0.1) is 0 Å². The molecule has 2 aromatic carbocycles. The van der Waals surface area contributed by atoms with Crippen LogP contribution in [0.3, 0.4) is 0 Å². The Morgan fingerprint density at radius 3 is 2.45 bits per heavy atom. The van der Waals surface area contributed by atoms with E-state index in [1.54, 1.807) is 26.0 Å². The zero-order valence-electron chi connectivity index (χ0n) is 20.7. The Morgan fingerprint density at radius 1 is 1.24 bits per heavy atom. The Balaban J connectivity index is 0.00000187. The fourth-order valence-corrected chi connectivity index (χ4v) is 4.09. The molecule has 0 spiro atoms. The molecule has 3 rings (SSSR count). The monoisotopic (exact) mass is 493 g/mol. The van der Waals surface area contributed by atoms with Crippen LogP contribution in [0, 0.1) is 6.92 Å². The highest BCUT2D eigenvalue weighted by atomic mass is 35.5. The van der Waals surface area contributed by atoms with Crippen molar-refractivity contribution < 1.29 is 9.18 Å². The van der Waals surface area contributed by atoms with Gasteiger partial charge in [-0.2, -0.15) is 0 Å². The van der Waals surface area contributed by atoms with Gasteiger partial charge in [0.1, 0.15) is 11.5 Å². The molecule has 1 heterocycles. The van der Waals surface area contributed by atoms with Crippen molar-refractivity contribution in [2.75, 3.05) is 0 Å². The molecule has 0 aliphatic heterocycles. The van der Waals surface area contributed by atoms with Gasteiger partial charge in [0.2, 0.25) is 0 Å². The van der Waals surface area contributed by atoms with Gasteiger partial charge in [0.15, 0.2) is 0 Å². The summed E-state index contributed by atoms with van der Waals surface area (Å²) in [7, 11) is 1.89. The third-order valence-electron chi connectivity index (χ3n) is 5.71. The van der Waals surface area contributed by atoms with Gasteiger partial charge in [-0.3, -0.25) is 4.79 Å². The minimum atomic E-state index is -1.45. The van der Waals surface area contributed by atoms with Crippen molar-refractivity contribution in [2.45, 2.75) is 73.0 Å². The average Bonchev–Trinajstić information content (AvgIpc) is 3.08. The lowest BCUT2D eigenvalue weighted by Crippen LogP contribution is -2.32. The number of nitrogens with zero attached hydrogens (tertiary/aromatic N) is 2. The van der Waals surface area contributed by atoms with E-state index in [9.17, 15) is 9.18 Å². The normalized spacial score (nSPS) is 12.3. The molecule has 33 heavy (non-hydrogen) atoms. The van der Waals surface area contributed by atoms with Gasteiger partial charge in [0.25, 0.3) is 5.91 Å². The molecule has 3 aromatic rings. The Labute approximate surface area is 206 Å². The van der Waals surface area contributed by atoms with Crippen molar-refractivity contribution in [1.29, 1.82) is 0 Å². The van der Waals surface area contributed by atoms with Gasteiger partial charge in [0, 0.05) is 24.5 Å². The number of hydrogen-bond donors (Lipinski definition) is 1. The number of hydrogen-bond acceptors (Lipinski definition) is 2. The molecular weight excluding hydrogens is 460 g/mol. The SMILES string of the molecule is CC.CCC(C)NC(=O)c1ccc(Cl)c(Cc2nc3c(C)cc(C(C)(C)F)cc3n2C)c1Cl. The van der Waals surface area contributed by atoms with E-state index in [4.69, 9.17) is 28.2 Å². The first-order valence-corrected chi connectivity index (χ1v) is 12.1. The highest BCUT2D eigenvalue weighted by molar-refractivity contribution is 6.38. The molecule has 1 unspecified atom stereocenters. The highest BCUT2D eigenvalue weighted by Crippen LogP contribution is 2.33. The fraction of sp³-hybridized carbons (Fsp3) is 0.462. The predicted octanol–water partition coefficient (Wildman–Crippen LogP) is 7.54. The smallest absolute Gasteiger partial charge is 0.253 e. The van der Waals surface area contributed by atoms with E-state index in [1.165, 1.54) is 0 Å². The maximum atomic E-state index is 14.6. The van der Waals surface area contributed by atoms with Gasteiger partial charge in [-0.05, 0) is 69.0 Å². The van der Waals surface area contributed by atoms with Crippen LogP contribution >= 0.6 is 23.2 Å². The molecule has 0 bridgehead atoms. The number of imidazole rings is 1. The molecule has 1 atom stereocenters. The molecule has 0 aliphatic rings. The number of carbonyl (C=O) groups excluding carboxylic acids is 1. The van der Waals surface area contributed by atoms with E-state index < -0.39 is 5.67 Å². The Bertz CT molecular complexity index is 1150. The Hall–Kier alpha value is -2.11. The largest absolute Gasteiger partial charge is 0.350 e. The summed E-state index contributed by atoms with van der Waals surface area (Å²) in [4.78, 5) is 17.4. The highest BCUT2D eigenvalue weighted by Gasteiger charge is 2.23. The van der Waals surface area contributed by atoms with E-state index in [0.717, 1.165) is 28.8 Å². The van der Waals surface area contributed by atoms with Crippen molar-refractivity contribution in [2.24, 2.45) is 7.05 Å². The molecule has 180 valence electrons. The van der Waals surface area contributed by atoms with Crippen molar-refractivity contribution in [1.82, 2.24) is 14.9 Å². The molecule has 0 aliphatic carbocycles. The third-order valence-corrected chi connectivity index (χ3v) is 6.50. The van der Waals surface area contributed by atoms with Crippen molar-refractivity contribution in [3.63, 3.8) is 0 Å². The second kappa shape index (κ2) is 10.9. The third kappa shape index (κ3) is 5.88. The summed E-state index contributed by atoms with van der Waals surface area (Å²) in [6, 6.07) is 7.03. The van der Waals surface area contributed by atoms with Crippen molar-refractivity contribution in [3.05, 3.63) is 62.4 Å². The first kappa shape index (κ1) is 27.1. The van der Waals surface area contributed by atoms with Gasteiger partial charge in [-0.1, -0.05) is 50.0 Å². The molecule has 1 amide bonds. The molecule has 0 fully saturated rings. The lowest BCUT2D eigenvalue weighted by molar-refractivity contribution is 0.0939. The van der Waals surface area contributed by atoms with Crippen LogP contribution in [0.4, 0.5) is 4.39 Å². The molecule has 4 nitrogen and oxygen atoms in total. The maximum absolute atomic E-state index is 14.6. The van der Waals surface area contributed by atoms with Gasteiger partial charge in [-0.25, -0.2) is 9.37 Å². The summed E-state index contributed by atoms with van der Waals surface area (Å²) in [6.45, 7) is 13.0. The minimum Gasteiger partial charge on any atom is -0.350 e. The minimum absolute atomic E-state index is 0.0412. The predicted molar refractivity (Wildman–Crippen MR) is 137 cm³/mol. The molecule has 0 radical (unpaired) electrons. The van der Waals surface area contributed by atoms with Crippen LogP contribution in [-0.2, 0) is 19.1 Å². The zero-order valence-corrected chi connectivity index (χ0v) is 22.2. The van der Waals surface area contributed by atoms with E-state index >= 15 is 0 Å². The Kier molecular flexibility index (Phi) is 8.94. The first-order chi connectivity index (χ1) is 15.4. The number of aryl methyl sites for hydroxylation is 2. The van der Waals surface area contributed by atoms with Crippen LogP contribution in [0.25, 0.3) is 11.0 Å². The number of rotatable bonds is 6. The molecule has 0 saturated heterocycles. The maximum Gasteiger partial charge on any atom is 0.253 e. The van der Waals surface area contributed by atoms with Crippen molar-refractivity contribution in [3.8, 4) is 0 Å². The summed E-state index contributed by atoms with van der Waals surface area (Å²) >= 11 is 13.1. The van der Waals surface area contributed by atoms with Crippen molar-refractivity contribution >= 4 is 40.1 Å². The van der Waals surface area contributed by atoms with Crippen LogP contribution < -0.4 is 5.32 Å². The molecule has 1 N–H and O–H groups in total. The number of halogens is 3. The number of benzene rings is 2. The van der Waals surface area contributed by atoms with Crippen LogP contribution in [-0.4, -0.2) is 21.5 Å². The number of alkyl halides is 1. The van der Waals surface area contributed by atoms with E-state index in [1.807, 2.05) is 58.4 Å². The van der Waals surface area contributed by atoms with Crippen LogP contribution in [0.1, 0.15) is 80.8 Å². The lowest BCUT2D eigenvalue weighted by atomic mass is 9.97. The average molecular weight is 494 g/mol. The summed E-state index contributed by atoms with van der Waals surface area (Å²) in [5, 5.41) is 3.73. The van der Waals surface area contributed by atoms with E-state index in [2.05, 4.69) is 5.32 Å². The van der Waals surface area contributed by atoms with Crippen LogP contribution in [0.2, 0.25) is 10.0 Å². The number of carbonyl (C=O) groups is 1. The summed E-state index contributed by atoms with van der Waals surface area (Å²) in [6.07, 6.45) is 1.17. The van der Waals surface area contributed by atoms with Crippen LogP contribution in [0.5, 0.6) is 0 Å². The second-order valence-electron chi connectivity index (χ2n) is 8.57. The lowest BCUT2D eigenvalue weighted by Gasteiger charge is -2.16. The summed E-state index contributed by atoms with van der Waals surface area (Å²) in [5.74, 6) is 0.503. The van der Waals surface area contributed by atoms with E-state index in [-0.39, 0.29) is 11.9 Å². The molecule has 1 aromatic heterocycles. The van der Waals surface area contributed by atoms with Gasteiger partial charge < -0.3 is 9.88 Å². The number of nitrogens with one attached hydrogen (secondary N) is 1. The van der Waals surface area contributed by atoms with E-state index in [0.29, 0.717) is 33.2 Å². The number of fused-ring (bicyclic) bond motifs is 1. The standard InChI is InChI=1S/C24H28Cl2FN3O.C2H6/c1-7-14(3)28-23(31)16-8-9-18(25)17(21(16)26)12-20-29-22-13(2)10-15(24(4,5)27)11-19(22)30(20)6;1-2/h8-11,14H,7,12H2,1-6H3,(H,28,31);1-2H3. The molecule has 0 saturated carbocycles. The van der Waals surface area contributed by atoms with Gasteiger partial charge >= 0.3 is 0 Å². The second-order valence-corrected chi connectivity index (χ2v) is 9.35. The number of aromatic nitrogens is 2. The van der Waals surface area contributed by atoms with Crippen LogP contribution in [0.15, 0.2) is 24.3 Å². The number of amides is 1. The molecular formula is C26H34Cl2FN3O. The van der Waals surface area contributed by atoms with Gasteiger partial charge in [0.05, 0.1) is 21.6 Å². The topological polar surface area (TPSA) is 46.9 Å². The molecule has 7 heteroatoms. The zero-order chi connectivity index (χ0) is 25.1. The fourth-order valence-electron chi connectivity index (χ4n) is 3.50. The first-order valence-electron chi connectivity index (χ1n) is 11.4. The summed E-state index contributed by atoms with van der Waals surface area (Å²) < 4.78 is 16.5. The summed E-state index contributed by atoms with van der Waals surface area (Å²) in [5.41, 5.74) is 2.73. The Morgan fingerprint density at radius 2 is 1.88 bits per heavy atom.